The van der Waals surface area contributed by atoms with Gasteiger partial charge in [0.15, 0.2) is 0 Å². The van der Waals surface area contributed by atoms with Crippen LogP contribution in [0.2, 0.25) is 0 Å². The number of ether oxygens (including phenoxy) is 1. The van der Waals surface area contributed by atoms with Crippen LogP contribution in [-0.4, -0.2) is 54.4 Å². The Morgan fingerprint density at radius 2 is 2.29 bits per heavy atom. The van der Waals surface area contributed by atoms with Crippen molar-refractivity contribution in [2.45, 2.75) is 26.3 Å². The molecule has 1 rings (SSSR count). The summed E-state index contributed by atoms with van der Waals surface area (Å²) < 4.78 is 5.16. The van der Waals surface area contributed by atoms with Crippen LogP contribution in [0.5, 0.6) is 0 Å². The van der Waals surface area contributed by atoms with Gasteiger partial charge in [0.2, 0.25) is 0 Å². The number of urea groups is 1. The van der Waals surface area contributed by atoms with Crippen molar-refractivity contribution in [1.82, 2.24) is 10.2 Å². The molecule has 98 valence electrons. The van der Waals surface area contributed by atoms with E-state index in [-0.39, 0.29) is 18.6 Å². The van der Waals surface area contributed by atoms with Crippen LogP contribution in [0.3, 0.4) is 0 Å². The monoisotopic (exact) mass is 244 g/mol. The Hall–Kier alpha value is -1.30. The summed E-state index contributed by atoms with van der Waals surface area (Å²) in [6.45, 7) is 5.36. The second-order valence-corrected chi connectivity index (χ2v) is 4.29. The fourth-order valence-corrected chi connectivity index (χ4v) is 1.68. The highest BCUT2D eigenvalue weighted by Crippen LogP contribution is 2.06. The van der Waals surface area contributed by atoms with E-state index in [1.807, 2.05) is 6.92 Å². The third kappa shape index (κ3) is 4.22. The molecule has 0 spiro atoms. The second kappa shape index (κ2) is 6.44. The average Bonchev–Trinajstić information content (AvgIpc) is 2.77. The van der Waals surface area contributed by atoms with E-state index in [0.29, 0.717) is 19.8 Å². The van der Waals surface area contributed by atoms with Crippen molar-refractivity contribution in [2.24, 2.45) is 5.92 Å². The van der Waals surface area contributed by atoms with Gasteiger partial charge in [-0.25, -0.2) is 4.79 Å². The molecule has 1 heterocycles. The van der Waals surface area contributed by atoms with Gasteiger partial charge in [-0.15, -0.1) is 0 Å². The number of hydrogen-bond donors (Lipinski definition) is 2. The Kier molecular flexibility index (Phi) is 5.21. The number of hydrogen-bond acceptors (Lipinski definition) is 3. The number of carboxylic acids is 1. The van der Waals surface area contributed by atoms with Crippen LogP contribution in [0.15, 0.2) is 0 Å². The summed E-state index contributed by atoms with van der Waals surface area (Å²) in [6, 6.07) is -0.159. The first kappa shape index (κ1) is 13.8. The van der Waals surface area contributed by atoms with Gasteiger partial charge in [-0.05, 0) is 13.3 Å². The lowest BCUT2D eigenvalue weighted by Gasteiger charge is -2.24. The predicted octanol–water partition coefficient (Wildman–Crippen LogP) is 0.527. The molecule has 0 aromatic rings. The van der Waals surface area contributed by atoms with Crippen LogP contribution in [0.1, 0.15) is 20.3 Å². The van der Waals surface area contributed by atoms with Crippen LogP contribution in [-0.2, 0) is 9.53 Å². The minimum absolute atomic E-state index is 0.0525. The molecule has 0 bridgehead atoms. The largest absolute Gasteiger partial charge is 0.481 e. The van der Waals surface area contributed by atoms with Gasteiger partial charge < -0.3 is 20.1 Å². The van der Waals surface area contributed by atoms with Crippen molar-refractivity contribution in [1.29, 1.82) is 0 Å². The van der Waals surface area contributed by atoms with E-state index in [0.717, 1.165) is 6.42 Å². The van der Waals surface area contributed by atoms with Gasteiger partial charge in [-0.1, -0.05) is 6.92 Å². The van der Waals surface area contributed by atoms with Crippen LogP contribution < -0.4 is 5.32 Å². The van der Waals surface area contributed by atoms with Crippen LogP contribution >= 0.6 is 0 Å². The molecule has 6 heteroatoms. The minimum atomic E-state index is -0.888. The highest BCUT2D eigenvalue weighted by atomic mass is 16.5. The summed E-state index contributed by atoms with van der Waals surface area (Å²) in [5.41, 5.74) is 0. The first-order valence-corrected chi connectivity index (χ1v) is 5.90. The molecule has 0 saturated carbocycles. The molecule has 1 saturated heterocycles. The zero-order valence-corrected chi connectivity index (χ0v) is 10.3. The number of carboxylic acid groups (broad SMARTS) is 1. The van der Waals surface area contributed by atoms with Gasteiger partial charge in [0.25, 0.3) is 0 Å². The Morgan fingerprint density at radius 1 is 1.59 bits per heavy atom. The number of aliphatic carboxylic acids is 1. The van der Waals surface area contributed by atoms with Crippen LogP contribution in [0.4, 0.5) is 4.79 Å². The van der Waals surface area contributed by atoms with Crippen LogP contribution in [0.25, 0.3) is 0 Å². The smallest absolute Gasteiger partial charge is 0.317 e. The fraction of sp³-hybridized carbons (Fsp3) is 0.818. The molecule has 0 radical (unpaired) electrons. The maximum atomic E-state index is 11.9. The lowest BCUT2D eigenvalue weighted by atomic mass is 10.2. The summed E-state index contributed by atoms with van der Waals surface area (Å²) in [4.78, 5) is 24.1. The molecule has 2 N–H and O–H groups in total. The van der Waals surface area contributed by atoms with E-state index in [1.165, 1.54) is 4.90 Å². The Labute approximate surface area is 101 Å². The lowest BCUT2D eigenvalue weighted by Crippen LogP contribution is -2.47. The highest BCUT2D eigenvalue weighted by Gasteiger charge is 2.23. The summed E-state index contributed by atoms with van der Waals surface area (Å²) in [5.74, 6) is -1.44. The van der Waals surface area contributed by atoms with E-state index in [1.54, 1.807) is 6.92 Å². The van der Waals surface area contributed by atoms with E-state index in [4.69, 9.17) is 9.84 Å². The van der Waals surface area contributed by atoms with Crippen molar-refractivity contribution < 1.29 is 19.4 Å². The molecule has 2 amide bonds. The maximum absolute atomic E-state index is 11.9. The molecule has 0 aromatic carbocycles. The van der Waals surface area contributed by atoms with Crippen molar-refractivity contribution in [3.8, 4) is 0 Å². The van der Waals surface area contributed by atoms with E-state index in [9.17, 15) is 9.59 Å². The standard InChI is InChI=1S/C11H20N2O4/c1-3-13(6-8(2)10(14)15)11(16)12-9-4-5-17-7-9/h8-9H,3-7H2,1-2H3,(H,12,16)(H,14,15). The lowest BCUT2D eigenvalue weighted by molar-refractivity contribution is -0.141. The Bertz CT molecular complexity index is 277. The van der Waals surface area contributed by atoms with Gasteiger partial charge >= 0.3 is 12.0 Å². The van der Waals surface area contributed by atoms with Crippen molar-refractivity contribution in [2.75, 3.05) is 26.3 Å². The number of carbonyl (C=O) groups is 2. The second-order valence-electron chi connectivity index (χ2n) is 4.29. The maximum Gasteiger partial charge on any atom is 0.317 e. The van der Waals surface area contributed by atoms with Gasteiger partial charge in [-0.3, -0.25) is 4.79 Å². The number of nitrogens with zero attached hydrogens (tertiary/aromatic N) is 1. The molecule has 17 heavy (non-hydrogen) atoms. The number of carbonyl (C=O) groups excluding carboxylic acids is 1. The minimum Gasteiger partial charge on any atom is -0.481 e. The average molecular weight is 244 g/mol. The van der Waals surface area contributed by atoms with Crippen molar-refractivity contribution in [3.05, 3.63) is 0 Å². The van der Waals surface area contributed by atoms with Gasteiger partial charge in [0, 0.05) is 19.7 Å². The Morgan fingerprint density at radius 3 is 2.76 bits per heavy atom. The zero-order valence-electron chi connectivity index (χ0n) is 10.3. The first-order chi connectivity index (χ1) is 8.04. The molecule has 1 aliphatic rings. The molecule has 1 fully saturated rings. The van der Waals surface area contributed by atoms with Gasteiger partial charge in [-0.2, -0.15) is 0 Å². The number of nitrogens with one attached hydrogen (secondary N) is 1. The molecule has 6 nitrogen and oxygen atoms in total. The summed E-state index contributed by atoms with van der Waals surface area (Å²) in [5, 5.41) is 11.7. The summed E-state index contributed by atoms with van der Waals surface area (Å²) in [6.07, 6.45) is 0.817. The molecule has 1 aliphatic heterocycles. The fourth-order valence-electron chi connectivity index (χ4n) is 1.68. The van der Waals surface area contributed by atoms with E-state index in [2.05, 4.69) is 5.32 Å². The highest BCUT2D eigenvalue weighted by molar-refractivity contribution is 5.76. The topological polar surface area (TPSA) is 78.9 Å². The number of rotatable bonds is 5. The first-order valence-electron chi connectivity index (χ1n) is 5.90. The van der Waals surface area contributed by atoms with Gasteiger partial charge in [0.1, 0.15) is 0 Å². The summed E-state index contributed by atoms with van der Waals surface area (Å²) in [7, 11) is 0. The van der Waals surface area contributed by atoms with Crippen molar-refractivity contribution >= 4 is 12.0 Å². The molecular weight excluding hydrogens is 224 g/mol. The van der Waals surface area contributed by atoms with E-state index >= 15 is 0 Å². The molecule has 0 aromatic heterocycles. The molecule has 2 atom stereocenters. The molecular formula is C11H20N2O4. The predicted molar refractivity (Wildman–Crippen MR) is 61.8 cm³/mol. The third-order valence-corrected chi connectivity index (χ3v) is 2.84. The van der Waals surface area contributed by atoms with Crippen molar-refractivity contribution in [3.63, 3.8) is 0 Å². The summed E-state index contributed by atoms with van der Waals surface area (Å²) >= 11 is 0. The molecule has 0 aliphatic carbocycles. The van der Waals surface area contributed by atoms with E-state index < -0.39 is 11.9 Å². The SMILES string of the molecule is CCN(CC(C)C(=O)O)C(=O)NC1CCOC1. The quantitative estimate of drug-likeness (QED) is 0.739. The Balaban J connectivity index is 2.42. The molecule has 2 unspecified atom stereocenters. The zero-order chi connectivity index (χ0) is 12.8. The normalized spacial score (nSPS) is 20.9. The number of amides is 2. The van der Waals surface area contributed by atoms with Crippen LogP contribution in [0, 0.1) is 5.92 Å². The third-order valence-electron chi connectivity index (χ3n) is 2.84. The van der Waals surface area contributed by atoms with Gasteiger partial charge in [0.05, 0.1) is 18.6 Å².